The van der Waals surface area contributed by atoms with Gasteiger partial charge in [0.2, 0.25) is 10.0 Å². The fourth-order valence-corrected chi connectivity index (χ4v) is 6.18. The van der Waals surface area contributed by atoms with Gasteiger partial charge in [0.25, 0.3) is 5.91 Å². The molecule has 0 spiro atoms. The molecule has 4 rings (SSSR count). The molecule has 0 radical (unpaired) electrons. The molecular weight excluding hydrogens is 388 g/mol. The van der Waals surface area contributed by atoms with Gasteiger partial charge in [0.15, 0.2) is 0 Å². The number of hydrogen-bond donors (Lipinski definition) is 0. The Hall–Kier alpha value is -2.19. The third kappa shape index (κ3) is 3.83. The van der Waals surface area contributed by atoms with Crippen LogP contribution in [0.4, 0.5) is 0 Å². The lowest BCUT2D eigenvalue weighted by Gasteiger charge is -2.16. The summed E-state index contributed by atoms with van der Waals surface area (Å²) in [4.78, 5) is 14.7. The molecule has 2 aliphatic rings. The monoisotopic (exact) mass is 416 g/mol. The zero-order valence-electron chi connectivity index (χ0n) is 17.1. The van der Waals surface area contributed by atoms with Crippen molar-refractivity contribution in [1.82, 2.24) is 19.0 Å². The van der Waals surface area contributed by atoms with E-state index in [1.165, 1.54) is 0 Å². The van der Waals surface area contributed by atoms with Crippen LogP contribution in [0.3, 0.4) is 0 Å². The number of amides is 1. The van der Waals surface area contributed by atoms with E-state index in [4.69, 9.17) is 0 Å². The third-order valence-electron chi connectivity index (χ3n) is 5.90. The minimum absolute atomic E-state index is 0.0826. The molecule has 2 saturated heterocycles. The topological polar surface area (TPSA) is 75.5 Å². The number of benzene rings is 1. The lowest BCUT2D eigenvalue weighted by Crippen LogP contribution is -2.28. The third-order valence-corrected chi connectivity index (χ3v) is 8.06. The van der Waals surface area contributed by atoms with Crippen molar-refractivity contribution in [2.75, 3.05) is 26.2 Å². The number of carbonyl (C=O) groups is 1. The second-order valence-electron chi connectivity index (χ2n) is 7.97. The predicted molar refractivity (Wildman–Crippen MR) is 110 cm³/mol. The Labute approximate surface area is 172 Å². The van der Waals surface area contributed by atoms with E-state index in [9.17, 15) is 13.2 Å². The van der Waals surface area contributed by atoms with Crippen LogP contribution >= 0.6 is 0 Å². The first-order valence-corrected chi connectivity index (χ1v) is 11.7. The average Bonchev–Trinajstić information content (AvgIpc) is 3.44. The lowest BCUT2D eigenvalue weighted by atomic mass is 10.1. The van der Waals surface area contributed by atoms with Crippen LogP contribution in [-0.2, 0) is 16.6 Å². The Kier molecular flexibility index (Phi) is 5.48. The van der Waals surface area contributed by atoms with Crippen LogP contribution in [0.2, 0.25) is 0 Å². The Morgan fingerprint density at radius 1 is 0.966 bits per heavy atom. The molecule has 0 bridgehead atoms. The van der Waals surface area contributed by atoms with Gasteiger partial charge in [-0.15, -0.1) is 0 Å². The maximum Gasteiger partial charge on any atom is 0.253 e. The van der Waals surface area contributed by atoms with Crippen LogP contribution in [0, 0.1) is 13.8 Å². The van der Waals surface area contributed by atoms with Crippen molar-refractivity contribution in [2.45, 2.75) is 51.0 Å². The van der Waals surface area contributed by atoms with Gasteiger partial charge in [0.05, 0.1) is 17.9 Å². The highest BCUT2D eigenvalue weighted by atomic mass is 32.2. The summed E-state index contributed by atoms with van der Waals surface area (Å²) in [5.41, 5.74) is 2.88. The molecule has 8 heteroatoms. The van der Waals surface area contributed by atoms with E-state index in [0.717, 1.165) is 44.3 Å². The normalized spacial score (nSPS) is 17.9. The van der Waals surface area contributed by atoms with E-state index in [0.29, 0.717) is 41.5 Å². The molecule has 1 amide bonds. The van der Waals surface area contributed by atoms with Crippen molar-refractivity contribution in [2.24, 2.45) is 0 Å². The molecule has 0 unspecified atom stereocenters. The summed E-state index contributed by atoms with van der Waals surface area (Å²) in [7, 11) is -3.50. The van der Waals surface area contributed by atoms with Crippen molar-refractivity contribution in [3.05, 3.63) is 46.8 Å². The highest BCUT2D eigenvalue weighted by Gasteiger charge is 2.32. The molecular formula is C21H28N4O3S. The molecule has 1 aromatic carbocycles. The quantitative estimate of drug-likeness (QED) is 0.751. The maximum atomic E-state index is 13.0. The van der Waals surface area contributed by atoms with Gasteiger partial charge in [0, 0.05) is 31.7 Å². The first-order valence-electron chi connectivity index (χ1n) is 10.3. The van der Waals surface area contributed by atoms with Crippen molar-refractivity contribution in [1.29, 1.82) is 0 Å². The van der Waals surface area contributed by atoms with Gasteiger partial charge in [-0.1, -0.05) is 12.1 Å². The van der Waals surface area contributed by atoms with Gasteiger partial charge in [0.1, 0.15) is 4.90 Å². The molecule has 0 aliphatic carbocycles. The van der Waals surface area contributed by atoms with Crippen molar-refractivity contribution in [3.8, 4) is 0 Å². The van der Waals surface area contributed by atoms with E-state index in [1.807, 2.05) is 36.1 Å². The summed E-state index contributed by atoms with van der Waals surface area (Å²) < 4.78 is 29.3. The molecule has 0 saturated carbocycles. The first-order chi connectivity index (χ1) is 13.9. The summed E-state index contributed by atoms with van der Waals surface area (Å²) in [6, 6.07) is 7.55. The molecule has 156 valence electrons. The average molecular weight is 417 g/mol. The largest absolute Gasteiger partial charge is 0.339 e. The van der Waals surface area contributed by atoms with Crippen LogP contribution in [0.25, 0.3) is 0 Å². The number of likely N-dealkylation sites (tertiary alicyclic amines) is 1. The van der Waals surface area contributed by atoms with Gasteiger partial charge >= 0.3 is 0 Å². The summed E-state index contributed by atoms with van der Waals surface area (Å²) >= 11 is 0. The van der Waals surface area contributed by atoms with Crippen LogP contribution in [-0.4, -0.2) is 59.5 Å². The standard InChI is InChI=1S/C21H28N4O3S/c1-16-20(29(27,28)24-13-5-6-14-24)17(2)25(22-16)15-18-7-9-19(10-8-18)21(26)23-11-3-4-12-23/h7-10H,3-6,11-15H2,1-2H3. The van der Waals surface area contributed by atoms with Gasteiger partial charge in [-0.2, -0.15) is 9.40 Å². The van der Waals surface area contributed by atoms with E-state index in [-0.39, 0.29) is 5.91 Å². The minimum atomic E-state index is -3.50. The van der Waals surface area contributed by atoms with E-state index in [2.05, 4.69) is 5.10 Å². The number of aromatic nitrogens is 2. The first kappa shape index (κ1) is 20.1. The van der Waals surface area contributed by atoms with Gasteiger partial charge < -0.3 is 4.90 Å². The Morgan fingerprint density at radius 2 is 1.55 bits per heavy atom. The van der Waals surface area contributed by atoms with Gasteiger partial charge in [-0.25, -0.2) is 8.42 Å². The fraction of sp³-hybridized carbons (Fsp3) is 0.524. The van der Waals surface area contributed by atoms with Crippen molar-refractivity contribution in [3.63, 3.8) is 0 Å². The number of rotatable bonds is 5. The molecule has 2 aromatic rings. The maximum absolute atomic E-state index is 13.0. The Balaban J connectivity index is 1.53. The molecule has 2 fully saturated rings. The highest BCUT2D eigenvalue weighted by Crippen LogP contribution is 2.26. The van der Waals surface area contributed by atoms with Crippen molar-refractivity contribution < 1.29 is 13.2 Å². The van der Waals surface area contributed by atoms with Gasteiger partial charge in [-0.05, 0) is 57.2 Å². The van der Waals surface area contributed by atoms with Crippen LogP contribution < -0.4 is 0 Å². The SMILES string of the molecule is Cc1nn(Cc2ccc(C(=O)N3CCCC3)cc2)c(C)c1S(=O)(=O)N1CCCC1. The molecule has 7 nitrogen and oxygen atoms in total. The Morgan fingerprint density at radius 3 is 2.17 bits per heavy atom. The molecule has 1 aromatic heterocycles. The number of hydrogen-bond acceptors (Lipinski definition) is 4. The zero-order valence-corrected chi connectivity index (χ0v) is 17.9. The number of sulfonamides is 1. The summed E-state index contributed by atoms with van der Waals surface area (Å²) in [5.74, 6) is 0.0826. The summed E-state index contributed by atoms with van der Waals surface area (Å²) in [6.07, 6.45) is 3.97. The molecule has 3 heterocycles. The molecule has 0 atom stereocenters. The van der Waals surface area contributed by atoms with E-state index >= 15 is 0 Å². The molecule has 2 aliphatic heterocycles. The lowest BCUT2D eigenvalue weighted by molar-refractivity contribution is 0.0793. The second kappa shape index (κ2) is 7.91. The highest BCUT2D eigenvalue weighted by molar-refractivity contribution is 7.89. The van der Waals surface area contributed by atoms with Crippen LogP contribution in [0.1, 0.15) is 53.0 Å². The Bertz CT molecular complexity index is 999. The predicted octanol–water partition coefficient (Wildman–Crippen LogP) is 2.57. The van der Waals surface area contributed by atoms with Crippen molar-refractivity contribution >= 4 is 15.9 Å². The van der Waals surface area contributed by atoms with Gasteiger partial charge in [-0.3, -0.25) is 9.48 Å². The summed E-state index contributed by atoms with van der Waals surface area (Å²) in [6.45, 7) is 6.87. The molecule has 0 N–H and O–H groups in total. The van der Waals surface area contributed by atoms with E-state index < -0.39 is 10.0 Å². The second-order valence-corrected chi connectivity index (χ2v) is 9.84. The summed E-state index contributed by atoms with van der Waals surface area (Å²) in [5, 5.41) is 4.50. The van der Waals surface area contributed by atoms with E-state index in [1.54, 1.807) is 15.9 Å². The zero-order chi connectivity index (χ0) is 20.6. The molecule has 29 heavy (non-hydrogen) atoms. The number of aryl methyl sites for hydroxylation is 1. The number of nitrogens with zero attached hydrogens (tertiary/aromatic N) is 4. The number of carbonyl (C=O) groups excluding carboxylic acids is 1. The minimum Gasteiger partial charge on any atom is -0.339 e. The van der Waals surface area contributed by atoms with Crippen LogP contribution in [0.15, 0.2) is 29.2 Å². The smallest absolute Gasteiger partial charge is 0.253 e. The van der Waals surface area contributed by atoms with Crippen LogP contribution in [0.5, 0.6) is 0 Å². The fourth-order valence-electron chi connectivity index (χ4n) is 4.29.